The summed E-state index contributed by atoms with van der Waals surface area (Å²) >= 11 is 0. The first-order valence-electron chi connectivity index (χ1n) is 7.14. The number of carbonyl (C=O) groups excluding carboxylic acids is 1. The lowest BCUT2D eigenvalue weighted by atomic mass is 9.73. The van der Waals surface area contributed by atoms with E-state index in [1.165, 1.54) is 6.42 Å². The summed E-state index contributed by atoms with van der Waals surface area (Å²) in [7, 11) is 1.87. The highest BCUT2D eigenvalue weighted by Gasteiger charge is 2.40. The van der Waals surface area contributed by atoms with E-state index in [4.69, 9.17) is 5.73 Å². The van der Waals surface area contributed by atoms with Gasteiger partial charge < -0.3 is 10.6 Å². The van der Waals surface area contributed by atoms with Crippen LogP contribution in [0, 0.1) is 12.3 Å². The Morgan fingerprint density at radius 1 is 1.26 bits per heavy atom. The highest BCUT2D eigenvalue weighted by molar-refractivity contribution is 5.98. The minimum atomic E-state index is -0.338. The monoisotopic (exact) mass is 260 g/mol. The topological polar surface area (TPSA) is 46.3 Å². The van der Waals surface area contributed by atoms with Crippen LogP contribution in [0.1, 0.15) is 37.7 Å². The van der Waals surface area contributed by atoms with Crippen LogP contribution in [0.2, 0.25) is 0 Å². The number of aryl methyl sites for hydroxylation is 1. The lowest BCUT2D eigenvalue weighted by Gasteiger charge is -2.38. The zero-order chi connectivity index (χ0) is 13.9. The quantitative estimate of drug-likeness (QED) is 0.908. The predicted octanol–water partition coefficient (Wildman–Crippen LogP) is 2.87. The minimum absolute atomic E-state index is 0.184. The fraction of sp³-hybridized carbons (Fsp3) is 0.562. The molecular formula is C16H24N2O. The van der Waals surface area contributed by atoms with Gasteiger partial charge in [-0.05, 0) is 31.4 Å². The van der Waals surface area contributed by atoms with Crippen molar-refractivity contribution in [3.05, 3.63) is 29.8 Å². The summed E-state index contributed by atoms with van der Waals surface area (Å²) in [5.41, 5.74) is 7.73. The summed E-state index contributed by atoms with van der Waals surface area (Å²) in [5, 5.41) is 0. The summed E-state index contributed by atoms with van der Waals surface area (Å²) in [6.45, 7) is 2.50. The van der Waals surface area contributed by atoms with E-state index < -0.39 is 0 Å². The Bertz CT molecular complexity index is 450. The molecule has 104 valence electrons. The maximum atomic E-state index is 12.8. The van der Waals surface area contributed by atoms with Crippen LogP contribution in [0.15, 0.2) is 24.3 Å². The van der Waals surface area contributed by atoms with Gasteiger partial charge in [0.1, 0.15) is 0 Å². The van der Waals surface area contributed by atoms with Crippen LogP contribution in [0.3, 0.4) is 0 Å². The first-order chi connectivity index (χ1) is 9.10. The molecule has 3 heteroatoms. The molecule has 0 radical (unpaired) electrons. The lowest BCUT2D eigenvalue weighted by Crippen LogP contribution is -2.48. The molecule has 19 heavy (non-hydrogen) atoms. The molecule has 1 aliphatic carbocycles. The molecule has 3 nitrogen and oxygen atoms in total. The number of benzene rings is 1. The van der Waals surface area contributed by atoms with Gasteiger partial charge in [-0.1, -0.05) is 37.5 Å². The summed E-state index contributed by atoms with van der Waals surface area (Å²) in [6, 6.07) is 8.01. The largest absolute Gasteiger partial charge is 0.329 e. The number of amides is 1. The van der Waals surface area contributed by atoms with Crippen molar-refractivity contribution in [3.8, 4) is 0 Å². The molecule has 2 rings (SSSR count). The van der Waals surface area contributed by atoms with Crippen LogP contribution in [0.4, 0.5) is 5.69 Å². The summed E-state index contributed by atoms with van der Waals surface area (Å²) in [6.07, 6.45) is 5.31. The van der Waals surface area contributed by atoms with Gasteiger partial charge in [-0.3, -0.25) is 4.79 Å². The average molecular weight is 260 g/mol. The van der Waals surface area contributed by atoms with Gasteiger partial charge in [0.15, 0.2) is 0 Å². The van der Waals surface area contributed by atoms with E-state index in [1.807, 2.05) is 38.2 Å². The van der Waals surface area contributed by atoms with E-state index in [1.54, 1.807) is 4.90 Å². The molecule has 1 aromatic carbocycles. The van der Waals surface area contributed by atoms with Crippen LogP contribution in [-0.4, -0.2) is 19.5 Å². The number of nitrogens with zero attached hydrogens (tertiary/aromatic N) is 1. The Kier molecular flexibility index (Phi) is 4.25. The molecule has 0 aromatic heterocycles. The zero-order valence-corrected chi connectivity index (χ0v) is 12.0. The first kappa shape index (κ1) is 14.1. The van der Waals surface area contributed by atoms with E-state index >= 15 is 0 Å². The van der Waals surface area contributed by atoms with E-state index in [0.29, 0.717) is 6.54 Å². The first-order valence-corrected chi connectivity index (χ1v) is 7.14. The Morgan fingerprint density at radius 3 is 2.47 bits per heavy atom. The fourth-order valence-electron chi connectivity index (χ4n) is 3.14. The molecule has 2 N–H and O–H groups in total. The van der Waals surface area contributed by atoms with Gasteiger partial charge in [-0.2, -0.15) is 0 Å². The Balaban J connectivity index is 2.25. The normalized spacial score (nSPS) is 18.1. The standard InChI is InChI=1S/C16H24N2O/c1-13-8-4-5-9-14(13)18(2)15(19)16(12-17)10-6-3-7-11-16/h4-5,8-9H,3,6-7,10-12,17H2,1-2H3. The molecular weight excluding hydrogens is 236 g/mol. The van der Waals surface area contributed by atoms with Crippen LogP contribution in [-0.2, 0) is 4.79 Å². The van der Waals surface area contributed by atoms with Gasteiger partial charge in [0, 0.05) is 19.3 Å². The van der Waals surface area contributed by atoms with Gasteiger partial charge >= 0.3 is 0 Å². The molecule has 0 heterocycles. The Hall–Kier alpha value is -1.35. The predicted molar refractivity (Wildman–Crippen MR) is 79.2 cm³/mol. The summed E-state index contributed by atoms with van der Waals surface area (Å²) in [4.78, 5) is 14.6. The second-order valence-electron chi connectivity index (χ2n) is 5.70. The molecule has 1 aliphatic rings. The molecule has 0 saturated heterocycles. The molecule has 0 unspecified atom stereocenters. The van der Waals surface area contributed by atoms with Gasteiger partial charge in [-0.25, -0.2) is 0 Å². The van der Waals surface area contributed by atoms with Gasteiger partial charge in [0.2, 0.25) is 5.91 Å². The average Bonchev–Trinajstić information content (AvgIpc) is 2.47. The maximum absolute atomic E-state index is 12.8. The van der Waals surface area contributed by atoms with Crippen molar-refractivity contribution in [1.29, 1.82) is 0 Å². The summed E-state index contributed by atoms with van der Waals surface area (Å²) in [5.74, 6) is 0.184. The smallest absolute Gasteiger partial charge is 0.234 e. The third kappa shape index (κ3) is 2.66. The van der Waals surface area contributed by atoms with Crippen molar-refractivity contribution in [2.75, 3.05) is 18.5 Å². The van der Waals surface area contributed by atoms with E-state index in [-0.39, 0.29) is 11.3 Å². The molecule has 1 amide bonds. The third-order valence-corrected chi connectivity index (χ3v) is 4.44. The van der Waals surface area contributed by atoms with Crippen LogP contribution in [0.5, 0.6) is 0 Å². The van der Waals surface area contributed by atoms with E-state index in [0.717, 1.165) is 36.9 Å². The molecule has 0 spiro atoms. The number of nitrogens with two attached hydrogens (primary N) is 1. The molecule has 0 atom stereocenters. The highest BCUT2D eigenvalue weighted by Crippen LogP contribution is 2.38. The zero-order valence-electron chi connectivity index (χ0n) is 12.0. The van der Waals surface area contributed by atoms with E-state index in [2.05, 4.69) is 0 Å². The number of hydrogen-bond acceptors (Lipinski definition) is 2. The van der Waals surface area contributed by atoms with Crippen molar-refractivity contribution < 1.29 is 4.79 Å². The number of anilines is 1. The van der Waals surface area contributed by atoms with Crippen molar-refractivity contribution in [1.82, 2.24) is 0 Å². The van der Waals surface area contributed by atoms with Crippen LogP contribution >= 0.6 is 0 Å². The SMILES string of the molecule is Cc1ccccc1N(C)C(=O)C1(CN)CCCCC1. The second-order valence-corrected chi connectivity index (χ2v) is 5.70. The molecule has 1 fully saturated rings. The lowest BCUT2D eigenvalue weighted by molar-refractivity contribution is -0.129. The van der Waals surface area contributed by atoms with Crippen molar-refractivity contribution in [2.45, 2.75) is 39.0 Å². The second kappa shape index (κ2) is 5.74. The van der Waals surface area contributed by atoms with Crippen molar-refractivity contribution >= 4 is 11.6 Å². The molecule has 1 saturated carbocycles. The van der Waals surface area contributed by atoms with Gasteiger partial charge in [0.05, 0.1) is 5.41 Å². The van der Waals surface area contributed by atoms with Crippen molar-refractivity contribution in [2.24, 2.45) is 11.1 Å². The van der Waals surface area contributed by atoms with E-state index in [9.17, 15) is 4.79 Å². The number of para-hydroxylation sites is 1. The fourth-order valence-corrected chi connectivity index (χ4v) is 3.14. The van der Waals surface area contributed by atoms with Crippen LogP contribution < -0.4 is 10.6 Å². The number of rotatable bonds is 3. The Labute approximate surface area is 115 Å². The van der Waals surface area contributed by atoms with Crippen molar-refractivity contribution in [3.63, 3.8) is 0 Å². The maximum Gasteiger partial charge on any atom is 0.234 e. The van der Waals surface area contributed by atoms with Gasteiger partial charge in [-0.15, -0.1) is 0 Å². The molecule has 0 aliphatic heterocycles. The molecule has 1 aromatic rings. The van der Waals surface area contributed by atoms with Gasteiger partial charge in [0.25, 0.3) is 0 Å². The van der Waals surface area contributed by atoms with Crippen LogP contribution in [0.25, 0.3) is 0 Å². The summed E-state index contributed by atoms with van der Waals surface area (Å²) < 4.78 is 0. The highest BCUT2D eigenvalue weighted by atomic mass is 16.2. The number of hydrogen-bond donors (Lipinski definition) is 1. The Morgan fingerprint density at radius 2 is 1.89 bits per heavy atom. The third-order valence-electron chi connectivity index (χ3n) is 4.44. The minimum Gasteiger partial charge on any atom is -0.329 e. The number of carbonyl (C=O) groups is 1. The molecule has 0 bridgehead atoms.